The first-order valence-corrected chi connectivity index (χ1v) is 6.22. The van der Waals surface area contributed by atoms with Crippen LogP contribution in [0.15, 0.2) is 18.2 Å². The van der Waals surface area contributed by atoms with Gasteiger partial charge in [0.05, 0.1) is 5.56 Å². The third-order valence-electron chi connectivity index (χ3n) is 2.10. The van der Waals surface area contributed by atoms with Gasteiger partial charge in [-0.2, -0.15) is 0 Å². The fourth-order valence-electron chi connectivity index (χ4n) is 1.31. The lowest BCUT2D eigenvalue weighted by Gasteiger charge is -2.19. The van der Waals surface area contributed by atoms with Gasteiger partial charge in [-0.3, -0.25) is 0 Å². The number of benzene rings is 1. The maximum absolute atomic E-state index is 12.7. The molecule has 1 aromatic rings. The summed E-state index contributed by atoms with van der Waals surface area (Å²) in [6.45, 7) is 5.68. The van der Waals surface area contributed by atoms with E-state index in [1.807, 2.05) is 0 Å². The predicted molar refractivity (Wildman–Crippen MR) is 73.8 cm³/mol. The molecule has 0 aliphatic carbocycles. The van der Waals surface area contributed by atoms with Crippen LogP contribution in [0.1, 0.15) is 32.8 Å². The lowest BCUT2D eigenvalue weighted by molar-refractivity contribution is 0.0529. The Morgan fingerprint density at radius 3 is 2.75 bits per heavy atom. The molecule has 0 spiro atoms. The highest BCUT2D eigenvalue weighted by atomic mass is 19.1. The summed E-state index contributed by atoms with van der Waals surface area (Å²) < 4.78 is 17.8. The molecule has 0 aliphatic heterocycles. The molecule has 0 aromatic heterocycles. The van der Waals surface area contributed by atoms with Crippen LogP contribution in [-0.2, 0) is 4.74 Å². The van der Waals surface area contributed by atoms with Gasteiger partial charge in [-0.05, 0) is 32.9 Å². The Balaban J connectivity index is 2.38. The Bertz CT molecular complexity index is 538. The smallest absolute Gasteiger partial charge is 0.407 e. The first kappa shape index (κ1) is 15.8. The molecule has 0 radical (unpaired) electrons. The summed E-state index contributed by atoms with van der Waals surface area (Å²) in [6.07, 6.45) is -0.0975. The van der Waals surface area contributed by atoms with E-state index in [4.69, 9.17) is 4.74 Å². The van der Waals surface area contributed by atoms with Crippen LogP contribution >= 0.6 is 0 Å². The molecule has 0 fully saturated rings. The van der Waals surface area contributed by atoms with E-state index in [-0.39, 0.29) is 5.75 Å². The third kappa shape index (κ3) is 6.10. The highest BCUT2D eigenvalue weighted by Gasteiger charge is 2.15. The molecule has 4 nitrogen and oxygen atoms in total. The number of hydrogen-bond donors (Lipinski definition) is 2. The van der Waals surface area contributed by atoms with E-state index in [2.05, 4.69) is 17.2 Å². The number of hydrogen-bond acceptors (Lipinski definition) is 3. The quantitative estimate of drug-likeness (QED) is 0.646. The number of ether oxygens (including phenoxy) is 1. The van der Waals surface area contributed by atoms with Crippen LogP contribution in [0.5, 0.6) is 5.75 Å². The molecule has 108 valence electrons. The minimum Gasteiger partial charge on any atom is -0.507 e. The molecule has 2 N–H and O–H groups in total. The SMILES string of the molecule is CC(C)(C)OC(=O)NCCC#Cc1ccc(F)cc1O. The van der Waals surface area contributed by atoms with Crippen molar-refractivity contribution in [3.63, 3.8) is 0 Å². The van der Waals surface area contributed by atoms with Gasteiger partial charge in [0.2, 0.25) is 0 Å². The number of aromatic hydroxyl groups is 1. The van der Waals surface area contributed by atoms with Crippen molar-refractivity contribution in [3.8, 4) is 17.6 Å². The second kappa shape index (κ2) is 6.80. The van der Waals surface area contributed by atoms with Gasteiger partial charge in [-0.15, -0.1) is 0 Å². The first-order valence-electron chi connectivity index (χ1n) is 6.22. The Kier molecular flexibility index (Phi) is 5.39. The molecular weight excluding hydrogens is 261 g/mol. The molecule has 0 saturated carbocycles. The van der Waals surface area contributed by atoms with Gasteiger partial charge in [-0.1, -0.05) is 11.8 Å². The van der Waals surface area contributed by atoms with Gasteiger partial charge in [0, 0.05) is 19.0 Å². The zero-order chi connectivity index (χ0) is 15.2. The van der Waals surface area contributed by atoms with Crippen molar-refractivity contribution in [2.75, 3.05) is 6.54 Å². The van der Waals surface area contributed by atoms with Crippen LogP contribution in [0.4, 0.5) is 9.18 Å². The van der Waals surface area contributed by atoms with Gasteiger partial charge < -0.3 is 15.2 Å². The van der Waals surface area contributed by atoms with E-state index in [1.165, 1.54) is 12.1 Å². The van der Waals surface area contributed by atoms with Gasteiger partial charge in [-0.25, -0.2) is 9.18 Å². The normalized spacial score (nSPS) is 10.4. The summed E-state index contributed by atoms with van der Waals surface area (Å²) in [5.41, 5.74) is -0.181. The van der Waals surface area contributed by atoms with E-state index < -0.39 is 17.5 Å². The van der Waals surface area contributed by atoms with E-state index in [0.29, 0.717) is 18.5 Å². The molecule has 0 atom stereocenters. The Labute approximate surface area is 117 Å². The molecule has 20 heavy (non-hydrogen) atoms. The third-order valence-corrected chi connectivity index (χ3v) is 2.10. The van der Waals surface area contributed by atoms with E-state index >= 15 is 0 Å². The van der Waals surface area contributed by atoms with E-state index in [1.54, 1.807) is 20.8 Å². The number of nitrogens with one attached hydrogen (secondary N) is 1. The lowest BCUT2D eigenvalue weighted by atomic mass is 10.2. The predicted octanol–water partition coefficient (Wildman–Crippen LogP) is 2.80. The molecule has 0 bridgehead atoms. The topological polar surface area (TPSA) is 58.6 Å². The Morgan fingerprint density at radius 1 is 1.45 bits per heavy atom. The molecule has 1 rings (SSSR count). The zero-order valence-electron chi connectivity index (χ0n) is 11.8. The highest BCUT2D eigenvalue weighted by molar-refractivity contribution is 5.67. The molecule has 0 heterocycles. The summed E-state index contributed by atoms with van der Waals surface area (Å²) >= 11 is 0. The minimum absolute atomic E-state index is 0.197. The number of alkyl carbamates (subject to hydrolysis) is 1. The summed E-state index contributed by atoms with van der Waals surface area (Å²) in [7, 11) is 0. The number of phenols is 1. The van der Waals surface area contributed by atoms with Crippen LogP contribution in [-0.4, -0.2) is 23.3 Å². The fourth-order valence-corrected chi connectivity index (χ4v) is 1.31. The second-order valence-corrected chi connectivity index (χ2v) is 5.14. The summed E-state index contributed by atoms with van der Waals surface area (Å²) in [6, 6.07) is 3.63. The second-order valence-electron chi connectivity index (χ2n) is 5.14. The van der Waals surface area contributed by atoms with Crippen LogP contribution in [0.2, 0.25) is 0 Å². The monoisotopic (exact) mass is 279 g/mol. The van der Waals surface area contributed by atoms with Gasteiger partial charge in [0.1, 0.15) is 17.2 Å². The summed E-state index contributed by atoms with van der Waals surface area (Å²) in [5, 5.41) is 12.0. The molecule has 5 heteroatoms. The fraction of sp³-hybridized carbons (Fsp3) is 0.400. The number of amides is 1. The largest absolute Gasteiger partial charge is 0.507 e. The molecule has 0 unspecified atom stereocenters. The Morgan fingerprint density at radius 2 is 2.15 bits per heavy atom. The van der Waals surface area contributed by atoms with E-state index in [9.17, 15) is 14.3 Å². The molecule has 0 aliphatic rings. The first-order chi connectivity index (χ1) is 9.28. The number of rotatable bonds is 2. The van der Waals surface area contributed by atoms with Crippen molar-refractivity contribution in [2.45, 2.75) is 32.8 Å². The zero-order valence-corrected chi connectivity index (χ0v) is 11.8. The van der Waals surface area contributed by atoms with Gasteiger partial charge in [0.25, 0.3) is 0 Å². The standard InChI is InChI=1S/C15H18FNO3/c1-15(2,3)20-14(19)17-9-5-4-6-11-7-8-12(16)10-13(11)18/h7-8,10,18H,5,9H2,1-3H3,(H,17,19). The molecule has 0 saturated heterocycles. The maximum Gasteiger partial charge on any atom is 0.407 e. The van der Waals surface area contributed by atoms with Crippen LogP contribution in [0, 0.1) is 17.7 Å². The van der Waals surface area contributed by atoms with Crippen molar-refractivity contribution in [2.24, 2.45) is 0 Å². The lowest BCUT2D eigenvalue weighted by Crippen LogP contribution is -2.32. The number of carbonyl (C=O) groups excluding carboxylic acids is 1. The van der Waals surface area contributed by atoms with Crippen LogP contribution < -0.4 is 5.32 Å². The van der Waals surface area contributed by atoms with E-state index in [0.717, 1.165) is 6.07 Å². The molecular formula is C15H18FNO3. The summed E-state index contributed by atoms with van der Waals surface area (Å²) in [4.78, 5) is 11.3. The number of halogens is 1. The molecule has 1 amide bonds. The van der Waals surface area contributed by atoms with Crippen molar-refractivity contribution < 1.29 is 19.0 Å². The van der Waals surface area contributed by atoms with Crippen molar-refractivity contribution in [3.05, 3.63) is 29.6 Å². The average Bonchev–Trinajstić information content (AvgIpc) is 2.28. The highest BCUT2D eigenvalue weighted by Crippen LogP contribution is 2.16. The number of phenolic OH excluding ortho intramolecular Hbond substituents is 1. The van der Waals surface area contributed by atoms with Crippen LogP contribution in [0.3, 0.4) is 0 Å². The van der Waals surface area contributed by atoms with Crippen molar-refractivity contribution in [1.82, 2.24) is 5.32 Å². The van der Waals surface area contributed by atoms with Crippen molar-refractivity contribution >= 4 is 6.09 Å². The number of carbonyl (C=O) groups is 1. The summed E-state index contributed by atoms with van der Waals surface area (Å²) in [5.74, 6) is 4.77. The van der Waals surface area contributed by atoms with Crippen molar-refractivity contribution in [1.29, 1.82) is 0 Å². The minimum atomic E-state index is -0.532. The molecule has 1 aromatic carbocycles. The van der Waals surface area contributed by atoms with Gasteiger partial charge in [0.15, 0.2) is 0 Å². The van der Waals surface area contributed by atoms with Gasteiger partial charge >= 0.3 is 6.09 Å². The maximum atomic E-state index is 12.7. The average molecular weight is 279 g/mol. The Hall–Kier alpha value is -2.22. The van der Waals surface area contributed by atoms with Crippen LogP contribution in [0.25, 0.3) is 0 Å².